The van der Waals surface area contributed by atoms with Crippen LogP contribution in [-0.4, -0.2) is 106 Å². The van der Waals surface area contributed by atoms with Crippen LogP contribution in [0.1, 0.15) is 70.9 Å². The maximum Gasteiger partial charge on any atom is 0.253 e. The summed E-state index contributed by atoms with van der Waals surface area (Å²) in [5, 5.41) is 13.5. The summed E-state index contributed by atoms with van der Waals surface area (Å²) in [7, 11) is 0. The molecule has 2 aromatic carbocycles. The van der Waals surface area contributed by atoms with Crippen molar-refractivity contribution in [3.63, 3.8) is 0 Å². The number of amides is 8. The Morgan fingerprint density at radius 2 is 1.34 bits per heavy atom. The smallest absolute Gasteiger partial charge is 0.253 e. The molecule has 3 aliphatic heterocycles. The van der Waals surface area contributed by atoms with Gasteiger partial charge in [-0.25, -0.2) is 0 Å². The van der Waals surface area contributed by atoms with Crippen molar-refractivity contribution in [2.45, 2.75) is 109 Å². The molecule has 3 aliphatic rings. The Hall–Kier alpha value is -5.60. The Bertz CT molecular complexity index is 1790. The standard InChI is InChI=1S/C41H53N7O8/c1-5-25(4)35-39(54)45-29(19-24(2)3)40(55)47-18-12-17-31(47)37(52)42-23-33(49)43-28(20-26-13-8-6-9-14-26)36(51)44-30-22-34(50)48(41(30)56)32(38(53)46-35)21-27-15-10-7-11-16-27/h6-11,13-16,24-25,28-32,35H,5,12,17-23H2,1-4H3,(H,42,52)(H,43,49)(H,44,51)(H,45,54)(H,46,53). The Kier molecular flexibility index (Phi) is 14.0. The molecule has 56 heavy (non-hydrogen) atoms. The number of benzene rings is 2. The fourth-order valence-corrected chi connectivity index (χ4v) is 7.50. The molecule has 2 aromatic rings. The Morgan fingerprint density at radius 3 is 1.96 bits per heavy atom. The van der Waals surface area contributed by atoms with Crippen molar-refractivity contribution in [3.05, 3.63) is 71.8 Å². The lowest BCUT2D eigenvalue weighted by molar-refractivity contribution is -0.148. The molecule has 7 atom stereocenters. The highest BCUT2D eigenvalue weighted by Crippen LogP contribution is 2.23. The molecule has 0 radical (unpaired) electrons. The minimum absolute atomic E-state index is 0.0319. The van der Waals surface area contributed by atoms with Crippen LogP contribution in [0.5, 0.6) is 0 Å². The van der Waals surface area contributed by atoms with Crippen molar-refractivity contribution in [2.24, 2.45) is 11.8 Å². The van der Waals surface area contributed by atoms with Gasteiger partial charge in [-0.05, 0) is 42.2 Å². The van der Waals surface area contributed by atoms with Gasteiger partial charge in [0.15, 0.2) is 0 Å². The minimum Gasteiger partial charge on any atom is -0.345 e. The molecule has 2 bridgehead atoms. The Balaban J connectivity index is 1.53. The van der Waals surface area contributed by atoms with Crippen LogP contribution in [0, 0.1) is 11.8 Å². The number of carbonyl (C=O) groups excluding carboxylic acids is 8. The van der Waals surface area contributed by atoms with E-state index in [1.807, 2.05) is 20.8 Å². The third kappa shape index (κ3) is 10.2. The molecule has 0 spiro atoms. The van der Waals surface area contributed by atoms with E-state index in [-0.39, 0.29) is 31.7 Å². The first-order valence-corrected chi connectivity index (χ1v) is 19.5. The summed E-state index contributed by atoms with van der Waals surface area (Å²) in [5.41, 5.74) is 1.35. The average Bonchev–Trinajstić information content (AvgIpc) is 3.77. The molecule has 3 heterocycles. The maximum atomic E-state index is 14.4. The van der Waals surface area contributed by atoms with E-state index in [0.29, 0.717) is 30.4 Å². The largest absolute Gasteiger partial charge is 0.345 e. The molecule has 5 rings (SSSR count). The number of hydrogen-bond donors (Lipinski definition) is 5. The van der Waals surface area contributed by atoms with Gasteiger partial charge in [-0.1, -0.05) is 94.8 Å². The minimum atomic E-state index is -1.39. The van der Waals surface area contributed by atoms with Gasteiger partial charge in [-0.3, -0.25) is 43.3 Å². The number of imide groups is 1. The normalized spacial score (nSPS) is 26.4. The predicted molar refractivity (Wildman–Crippen MR) is 205 cm³/mol. The molecule has 7 unspecified atom stereocenters. The zero-order chi connectivity index (χ0) is 40.5. The second kappa shape index (κ2) is 18.8. The van der Waals surface area contributed by atoms with Crippen LogP contribution < -0.4 is 26.6 Å². The van der Waals surface area contributed by atoms with E-state index in [9.17, 15) is 38.4 Å². The second-order valence-electron chi connectivity index (χ2n) is 15.4. The SMILES string of the molecule is CCC(C)C1NC(=O)C(Cc2ccccc2)N2C(=O)CC(NC(=O)C(Cc3ccccc3)NC(=O)CNC(=O)C3CCCN3C(=O)C(CC(C)C)NC1=O)C2=O. The average molecular weight is 772 g/mol. The summed E-state index contributed by atoms with van der Waals surface area (Å²) in [6, 6.07) is 10.7. The number of fused-ring (bicyclic) bond motifs is 3. The fourth-order valence-electron chi connectivity index (χ4n) is 7.50. The first-order valence-electron chi connectivity index (χ1n) is 19.5. The third-order valence-electron chi connectivity index (χ3n) is 10.7. The zero-order valence-electron chi connectivity index (χ0n) is 32.4. The summed E-state index contributed by atoms with van der Waals surface area (Å²) in [6.07, 6.45) is 1.11. The van der Waals surface area contributed by atoms with Crippen molar-refractivity contribution >= 4 is 47.3 Å². The molecule has 3 saturated heterocycles. The first-order chi connectivity index (χ1) is 26.8. The summed E-state index contributed by atoms with van der Waals surface area (Å²) >= 11 is 0. The molecule has 300 valence electrons. The number of nitrogens with one attached hydrogen (secondary N) is 5. The van der Waals surface area contributed by atoms with Crippen molar-refractivity contribution in [2.75, 3.05) is 13.1 Å². The highest BCUT2D eigenvalue weighted by molar-refractivity contribution is 6.10. The summed E-state index contributed by atoms with van der Waals surface area (Å²) in [5.74, 6) is -5.80. The van der Waals surface area contributed by atoms with E-state index in [1.54, 1.807) is 67.6 Å². The number of hydrogen-bond acceptors (Lipinski definition) is 8. The lowest BCUT2D eigenvalue weighted by atomic mass is 9.95. The topological polar surface area (TPSA) is 203 Å². The molecule has 15 heteroatoms. The van der Waals surface area contributed by atoms with E-state index in [1.165, 1.54) is 4.90 Å². The van der Waals surface area contributed by atoms with Crippen molar-refractivity contribution in [3.8, 4) is 0 Å². The molecule has 3 fully saturated rings. The molecular weight excluding hydrogens is 718 g/mol. The van der Waals surface area contributed by atoms with Gasteiger partial charge in [0.2, 0.25) is 41.4 Å². The zero-order valence-corrected chi connectivity index (χ0v) is 32.4. The number of rotatable bonds is 8. The van der Waals surface area contributed by atoms with Gasteiger partial charge in [-0.2, -0.15) is 0 Å². The molecule has 0 saturated carbocycles. The van der Waals surface area contributed by atoms with E-state index >= 15 is 0 Å². The monoisotopic (exact) mass is 771 g/mol. The van der Waals surface area contributed by atoms with Gasteiger partial charge >= 0.3 is 0 Å². The third-order valence-corrected chi connectivity index (χ3v) is 10.7. The van der Waals surface area contributed by atoms with Crippen molar-refractivity contribution in [1.82, 2.24) is 36.4 Å². The van der Waals surface area contributed by atoms with Crippen LogP contribution in [0.15, 0.2) is 60.7 Å². The molecule has 0 aliphatic carbocycles. The van der Waals surface area contributed by atoms with Crippen LogP contribution in [0.25, 0.3) is 0 Å². The fraction of sp³-hybridized carbons (Fsp3) is 0.512. The molecule has 0 aromatic heterocycles. The predicted octanol–water partition coefficient (Wildman–Crippen LogP) is 0.752. The lowest BCUT2D eigenvalue weighted by Crippen LogP contribution is -2.60. The lowest BCUT2D eigenvalue weighted by Gasteiger charge is -2.32. The van der Waals surface area contributed by atoms with Gasteiger partial charge in [0, 0.05) is 19.4 Å². The molecule has 5 N–H and O–H groups in total. The van der Waals surface area contributed by atoms with Crippen LogP contribution in [0.2, 0.25) is 0 Å². The summed E-state index contributed by atoms with van der Waals surface area (Å²) in [6.45, 7) is 7.19. The van der Waals surface area contributed by atoms with Crippen molar-refractivity contribution in [1.29, 1.82) is 0 Å². The van der Waals surface area contributed by atoms with Gasteiger partial charge < -0.3 is 31.5 Å². The second-order valence-corrected chi connectivity index (χ2v) is 15.4. The van der Waals surface area contributed by atoms with Crippen LogP contribution >= 0.6 is 0 Å². The van der Waals surface area contributed by atoms with Gasteiger partial charge in [-0.15, -0.1) is 0 Å². The van der Waals surface area contributed by atoms with E-state index in [2.05, 4.69) is 26.6 Å². The summed E-state index contributed by atoms with van der Waals surface area (Å²) in [4.78, 5) is 113. The quantitative estimate of drug-likeness (QED) is 0.242. The molecule has 8 amide bonds. The Labute approximate surface area is 327 Å². The Morgan fingerprint density at radius 1 is 0.696 bits per heavy atom. The highest BCUT2D eigenvalue weighted by Gasteiger charge is 2.47. The number of nitrogens with zero attached hydrogens (tertiary/aromatic N) is 2. The molecule has 15 nitrogen and oxygen atoms in total. The highest BCUT2D eigenvalue weighted by atomic mass is 16.2. The van der Waals surface area contributed by atoms with Crippen molar-refractivity contribution < 1.29 is 38.4 Å². The van der Waals surface area contributed by atoms with Crippen LogP contribution in [-0.2, 0) is 51.2 Å². The van der Waals surface area contributed by atoms with Gasteiger partial charge in [0.1, 0.15) is 36.3 Å². The van der Waals surface area contributed by atoms with Crippen LogP contribution in [0.4, 0.5) is 0 Å². The van der Waals surface area contributed by atoms with Crippen LogP contribution in [0.3, 0.4) is 0 Å². The van der Waals surface area contributed by atoms with E-state index in [4.69, 9.17) is 0 Å². The molecular formula is C41H53N7O8. The van der Waals surface area contributed by atoms with E-state index < -0.39 is 102 Å². The summed E-state index contributed by atoms with van der Waals surface area (Å²) < 4.78 is 0. The van der Waals surface area contributed by atoms with E-state index in [0.717, 1.165) is 4.90 Å². The maximum absolute atomic E-state index is 14.4. The van der Waals surface area contributed by atoms with Gasteiger partial charge in [0.05, 0.1) is 13.0 Å². The number of carbonyl (C=O) groups is 8. The first kappa shape index (κ1) is 41.6. The van der Waals surface area contributed by atoms with Gasteiger partial charge in [0.25, 0.3) is 5.91 Å².